The number of ketones is 1. The van der Waals surface area contributed by atoms with Gasteiger partial charge in [-0.2, -0.15) is 0 Å². The molecule has 2 N–H and O–H groups in total. The van der Waals surface area contributed by atoms with Crippen LogP contribution in [0.4, 0.5) is 0 Å². The van der Waals surface area contributed by atoms with Gasteiger partial charge < -0.3 is 20.2 Å². The van der Waals surface area contributed by atoms with E-state index < -0.39 is 17.3 Å². The highest BCUT2D eigenvalue weighted by Gasteiger charge is 2.29. The Kier molecular flexibility index (Phi) is 4.34. The maximum atomic E-state index is 13.1. The number of Topliss-reactive ketones (excluding diaryl/α,β-unsaturated/α-hetero) is 1. The van der Waals surface area contributed by atoms with Crippen LogP contribution in [-0.2, 0) is 17.6 Å². The van der Waals surface area contributed by atoms with E-state index in [2.05, 4.69) is 9.97 Å². The van der Waals surface area contributed by atoms with E-state index >= 15 is 0 Å². The average Bonchev–Trinajstić information content (AvgIpc) is 3.11. The molecule has 3 rings (SSSR count). The van der Waals surface area contributed by atoms with Crippen molar-refractivity contribution < 1.29 is 15.0 Å². The molecule has 5 nitrogen and oxygen atoms in total. The number of hydrogen-bond donors (Lipinski definition) is 2. The molecule has 2 aromatic rings. The van der Waals surface area contributed by atoms with E-state index in [0.717, 1.165) is 46.5 Å². The van der Waals surface area contributed by atoms with Crippen LogP contribution in [0.25, 0.3) is 11.1 Å². The fourth-order valence-electron chi connectivity index (χ4n) is 4.15. The van der Waals surface area contributed by atoms with Crippen LogP contribution < -0.4 is 10.2 Å². The molecule has 0 amide bonds. The summed E-state index contributed by atoms with van der Waals surface area (Å²) >= 11 is 0. The molecule has 1 aliphatic carbocycles. The fraction of sp³-hybridized carbons (Fsp3) is 0.381. The first-order chi connectivity index (χ1) is 12.2. The molecule has 26 heavy (non-hydrogen) atoms. The standard InChI is InChI=1S/C21H26N2O3/c1-7-13-9(3)17(22-11(13)5)15-19(24)16(21(26)20(15)25)18-10(4)14(8-2)12(6)23-18/h22-24H,7-8H2,1-6H3,(H,25,26)/p-2. The van der Waals surface area contributed by atoms with Crippen molar-refractivity contribution in [3.63, 3.8) is 0 Å². The van der Waals surface area contributed by atoms with Gasteiger partial charge in [-0.3, -0.25) is 4.79 Å². The Bertz CT molecular complexity index is 984. The van der Waals surface area contributed by atoms with Gasteiger partial charge in [-0.15, -0.1) is 0 Å². The minimum absolute atomic E-state index is 0.0324. The van der Waals surface area contributed by atoms with E-state index in [-0.39, 0.29) is 11.1 Å². The molecular weight excluding hydrogens is 328 g/mol. The van der Waals surface area contributed by atoms with Crippen molar-refractivity contribution in [3.8, 4) is 0 Å². The summed E-state index contributed by atoms with van der Waals surface area (Å²) in [5.74, 6) is -1.93. The predicted octanol–water partition coefficient (Wildman–Crippen LogP) is 2.13. The minimum atomic E-state index is -0.721. The fourth-order valence-corrected chi connectivity index (χ4v) is 4.15. The van der Waals surface area contributed by atoms with E-state index in [4.69, 9.17) is 0 Å². The number of aryl methyl sites for hydroxylation is 2. The lowest BCUT2D eigenvalue weighted by Crippen LogP contribution is -2.15. The number of H-pyrrole nitrogens is 2. The zero-order valence-corrected chi connectivity index (χ0v) is 16.1. The lowest BCUT2D eigenvalue weighted by Gasteiger charge is -2.17. The molecule has 0 saturated heterocycles. The van der Waals surface area contributed by atoms with Crippen molar-refractivity contribution >= 4 is 16.9 Å². The third kappa shape index (κ3) is 2.34. The normalized spacial score (nSPS) is 14.9. The molecule has 0 aliphatic heterocycles. The minimum Gasteiger partial charge on any atom is -0.871 e. The van der Waals surface area contributed by atoms with E-state index in [9.17, 15) is 15.0 Å². The monoisotopic (exact) mass is 352 g/mol. The molecule has 0 saturated carbocycles. The molecule has 2 heterocycles. The first-order valence-corrected chi connectivity index (χ1v) is 8.98. The molecule has 1 aliphatic rings. The largest absolute Gasteiger partial charge is 0.871 e. The quantitative estimate of drug-likeness (QED) is 0.882. The molecule has 5 heteroatoms. The molecule has 0 atom stereocenters. The van der Waals surface area contributed by atoms with Gasteiger partial charge in [-0.25, -0.2) is 0 Å². The first-order valence-electron chi connectivity index (χ1n) is 8.98. The third-order valence-electron chi connectivity index (χ3n) is 5.51. The summed E-state index contributed by atoms with van der Waals surface area (Å²) in [5, 5.41) is 25.8. The van der Waals surface area contributed by atoms with Gasteiger partial charge in [-0.05, 0) is 68.4 Å². The van der Waals surface area contributed by atoms with Crippen LogP contribution in [0.5, 0.6) is 0 Å². The second kappa shape index (κ2) is 6.24. The number of hydrogen-bond acceptors (Lipinski definition) is 3. The van der Waals surface area contributed by atoms with Crippen LogP contribution in [0.2, 0.25) is 0 Å². The second-order valence-corrected chi connectivity index (χ2v) is 6.90. The van der Waals surface area contributed by atoms with Crippen molar-refractivity contribution in [2.75, 3.05) is 0 Å². The third-order valence-corrected chi connectivity index (χ3v) is 5.51. The van der Waals surface area contributed by atoms with Gasteiger partial charge in [0.15, 0.2) is 5.78 Å². The lowest BCUT2D eigenvalue weighted by atomic mass is 10.0. The summed E-state index contributed by atoms with van der Waals surface area (Å²) in [5.41, 5.74) is 6.63. The summed E-state index contributed by atoms with van der Waals surface area (Å²) in [7, 11) is 0. The van der Waals surface area contributed by atoms with Gasteiger partial charge in [0.05, 0.1) is 5.69 Å². The van der Waals surface area contributed by atoms with Gasteiger partial charge in [-0.1, -0.05) is 25.4 Å². The van der Waals surface area contributed by atoms with Gasteiger partial charge in [0, 0.05) is 22.7 Å². The molecule has 0 unspecified atom stereocenters. The van der Waals surface area contributed by atoms with Crippen LogP contribution >= 0.6 is 0 Å². The molecule has 2 aromatic heterocycles. The Morgan fingerprint density at radius 3 is 1.54 bits per heavy atom. The highest BCUT2D eigenvalue weighted by Crippen LogP contribution is 2.39. The predicted molar refractivity (Wildman–Crippen MR) is 98.1 cm³/mol. The van der Waals surface area contributed by atoms with E-state index in [0.29, 0.717) is 11.4 Å². The van der Waals surface area contributed by atoms with Crippen LogP contribution in [-0.4, -0.2) is 15.8 Å². The first kappa shape index (κ1) is 18.1. The molecule has 0 radical (unpaired) electrons. The number of aromatic nitrogens is 2. The Morgan fingerprint density at radius 2 is 1.15 bits per heavy atom. The Balaban J connectivity index is 2.22. The van der Waals surface area contributed by atoms with Gasteiger partial charge >= 0.3 is 0 Å². The maximum Gasteiger partial charge on any atom is 0.180 e. The average molecular weight is 352 g/mol. The van der Waals surface area contributed by atoms with Crippen molar-refractivity contribution in [2.45, 2.75) is 54.4 Å². The van der Waals surface area contributed by atoms with Crippen molar-refractivity contribution in [1.29, 1.82) is 0 Å². The molecular formula is C21H24N2O3-2. The maximum absolute atomic E-state index is 13.1. The molecule has 0 fully saturated rings. The highest BCUT2D eigenvalue weighted by atomic mass is 16.3. The van der Waals surface area contributed by atoms with E-state index in [1.54, 1.807) is 0 Å². The number of nitrogens with one attached hydrogen (secondary N) is 2. The Labute approximate surface area is 153 Å². The van der Waals surface area contributed by atoms with Crippen molar-refractivity contribution in [2.24, 2.45) is 0 Å². The number of carbonyl (C=O) groups is 1. The molecule has 0 bridgehead atoms. The molecule has 0 aromatic carbocycles. The lowest BCUT2D eigenvalue weighted by molar-refractivity contribution is -0.301. The van der Waals surface area contributed by atoms with Crippen molar-refractivity contribution in [3.05, 3.63) is 56.5 Å². The van der Waals surface area contributed by atoms with E-state index in [1.165, 1.54) is 0 Å². The second-order valence-electron chi connectivity index (χ2n) is 6.90. The number of allylic oxidation sites excluding steroid dienone is 2. The van der Waals surface area contributed by atoms with Gasteiger partial charge in [0.2, 0.25) is 0 Å². The number of carbonyl (C=O) groups excluding carboxylic acids is 1. The Morgan fingerprint density at radius 1 is 0.731 bits per heavy atom. The zero-order chi connectivity index (χ0) is 19.3. The van der Waals surface area contributed by atoms with Gasteiger partial charge in [0.1, 0.15) is 0 Å². The van der Waals surface area contributed by atoms with Crippen LogP contribution in [0.15, 0.2) is 11.5 Å². The Hall–Kier alpha value is -2.69. The van der Waals surface area contributed by atoms with Gasteiger partial charge in [0.25, 0.3) is 0 Å². The van der Waals surface area contributed by atoms with Crippen molar-refractivity contribution in [1.82, 2.24) is 9.97 Å². The summed E-state index contributed by atoms with van der Waals surface area (Å²) in [6.07, 6.45) is 1.59. The topological polar surface area (TPSA) is 94.8 Å². The smallest absolute Gasteiger partial charge is 0.180 e. The molecule has 138 valence electrons. The summed E-state index contributed by atoms with van der Waals surface area (Å²) in [4.78, 5) is 19.0. The SMILES string of the molecule is CCc1c(C)[nH]c(C2=C([O-])C(c3[nH]c(C)c(CC)c3C)=C([O-])C2=O)c1C. The number of aromatic amines is 2. The summed E-state index contributed by atoms with van der Waals surface area (Å²) in [6, 6.07) is 0. The number of rotatable bonds is 4. The summed E-state index contributed by atoms with van der Waals surface area (Å²) in [6.45, 7) is 11.6. The van der Waals surface area contributed by atoms with Crippen LogP contribution in [0.1, 0.15) is 58.9 Å². The van der Waals surface area contributed by atoms with E-state index in [1.807, 2.05) is 41.5 Å². The molecule has 0 spiro atoms. The highest BCUT2D eigenvalue weighted by molar-refractivity contribution is 6.36. The zero-order valence-electron chi connectivity index (χ0n) is 16.1. The van der Waals surface area contributed by atoms with Crippen LogP contribution in [0, 0.1) is 27.7 Å². The summed E-state index contributed by atoms with van der Waals surface area (Å²) < 4.78 is 0. The van der Waals surface area contributed by atoms with Crippen LogP contribution in [0.3, 0.4) is 0 Å².